The molecule has 0 spiro atoms. The fourth-order valence-corrected chi connectivity index (χ4v) is 5.01. The van der Waals surface area contributed by atoms with E-state index in [4.69, 9.17) is 4.42 Å². The van der Waals surface area contributed by atoms with Crippen molar-refractivity contribution in [2.75, 3.05) is 31.5 Å². The van der Waals surface area contributed by atoms with E-state index in [0.717, 1.165) is 60.2 Å². The van der Waals surface area contributed by atoms with Crippen LogP contribution in [0.4, 0.5) is 5.69 Å². The van der Waals surface area contributed by atoms with Crippen LogP contribution >= 0.6 is 0 Å². The average Bonchev–Trinajstić information content (AvgIpc) is 3.54. The molecule has 4 heterocycles. The molecular formula is C28H33N6O5+. The predicted octanol–water partition coefficient (Wildman–Crippen LogP) is 2.47. The van der Waals surface area contributed by atoms with Crippen LogP contribution in [0.5, 0.6) is 0 Å². The van der Waals surface area contributed by atoms with Gasteiger partial charge in [-0.1, -0.05) is 0 Å². The van der Waals surface area contributed by atoms with Crippen LogP contribution < -0.4 is 15.4 Å². The Bertz CT molecular complexity index is 1410. The van der Waals surface area contributed by atoms with E-state index < -0.39 is 11.9 Å². The van der Waals surface area contributed by atoms with E-state index in [1.165, 1.54) is 12.4 Å². The third-order valence-corrected chi connectivity index (χ3v) is 7.00. The average molecular weight is 534 g/mol. The van der Waals surface area contributed by atoms with Gasteiger partial charge >= 0.3 is 0 Å². The Hall–Kier alpha value is -4.41. The molecule has 2 fully saturated rings. The lowest BCUT2D eigenvalue weighted by Gasteiger charge is -2.25. The van der Waals surface area contributed by atoms with Crippen molar-refractivity contribution >= 4 is 40.3 Å². The first-order valence-electron chi connectivity index (χ1n) is 13.3. The summed E-state index contributed by atoms with van der Waals surface area (Å²) in [5.41, 5.74) is 1.59. The van der Waals surface area contributed by atoms with Crippen LogP contribution in [0, 0.1) is 6.92 Å². The highest BCUT2D eigenvalue weighted by molar-refractivity contribution is 6.10. The third-order valence-electron chi connectivity index (χ3n) is 7.00. The van der Waals surface area contributed by atoms with E-state index in [-0.39, 0.29) is 29.9 Å². The number of amides is 3. The minimum atomic E-state index is -0.764. The van der Waals surface area contributed by atoms with Crippen LogP contribution in [-0.4, -0.2) is 70.9 Å². The number of benzene rings is 1. The molecule has 11 nitrogen and oxygen atoms in total. The highest BCUT2D eigenvalue weighted by atomic mass is 16.5. The molecule has 1 atom stereocenters. The van der Waals surface area contributed by atoms with Crippen molar-refractivity contribution in [3.63, 3.8) is 0 Å². The fraction of sp³-hybridized carbons (Fsp3) is 0.393. The maximum absolute atomic E-state index is 13.5. The molecule has 2 saturated heterocycles. The Morgan fingerprint density at radius 3 is 2.72 bits per heavy atom. The molecular weight excluding hydrogens is 500 g/mol. The van der Waals surface area contributed by atoms with Crippen molar-refractivity contribution < 1.29 is 28.7 Å². The van der Waals surface area contributed by atoms with E-state index in [1.807, 2.05) is 30.0 Å². The van der Waals surface area contributed by atoms with Gasteiger partial charge in [-0.25, -0.2) is 4.99 Å². The second-order valence-electron chi connectivity index (χ2n) is 10.00. The first-order chi connectivity index (χ1) is 18.9. The zero-order valence-corrected chi connectivity index (χ0v) is 21.9. The number of hydrogen-bond acceptors (Lipinski definition) is 6. The Morgan fingerprint density at radius 1 is 1.13 bits per heavy atom. The van der Waals surface area contributed by atoms with Crippen LogP contribution in [0.15, 0.2) is 58.2 Å². The smallest absolute Gasteiger partial charge is 0.264 e. The number of fused-ring (bicyclic) bond motifs is 1. The monoisotopic (exact) mass is 533 g/mol. The maximum atomic E-state index is 13.5. The molecule has 0 unspecified atom stereocenters. The van der Waals surface area contributed by atoms with Gasteiger partial charge in [0.15, 0.2) is 0 Å². The van der Waals surface area contributed by atoms with Gasteiger partial charge in [-0.3, -0.25) is 24.9 Å². The molecule has 11 heteroatoms. The first-order valence-corrected chi connectivity index (χ1v) is 13.3. The van der Waals surface area contributed by atoms with Crippen molar-refractivity contribution in [3.05, 3.63) is 60.1 Å². The summed E-state index contributed by atoms with van der Waals surface area (Å²) in [4.78, 5) is 47.4. The minimum Gasteiger partial charge on any atom is -0.461 e. The van der Waals surface area contributed by atoms with E-state index in [1.54, 1.807) is 23.1 Å². The summed E-state index contributed by atoms with van der Waals surface area (Å²) < 4.78 is 6.45. The predicted molar refractivity (Wildman–Crippen MR) is 143 cm³/mol. The summed E-state index contributed by atoms with van der Waals surface area (Å²) in [5.74, 6) is 0.0917. The van der Waals surface area contributed by atoms with Gasteiger partial charge in [0.25, 0.3) is 5.91 Å². The maximum Gasteiger partial charge on any atom is 0.264 e. The van der Waals surface area contributed by atoms with Crippen LogP contribution in [0.1, 0.15) is 48.2 Å². The van der Waals surface area contributed by atoms with E-state index in [0.29, 0.717) is 18.7 Å². The number of carbonyl (C=O) groups is 3. The number of furan rings is 1. The van der Waals surface area contributed by atoms with Gasteiger partial charge in [0, 0.05) is 41.5 Å². The number of hydrogen-bond donors (Lipinski definition) is 3. The molecule has 0 aliphatic carbocycles. The van der Waals surface area contributed by atoms with Gasteiger partial charge in [0.05, 0.1) is 6.54 Å². The molecule has 1 aromatic carbocycles. The number of aromatic nitrogens is 1. The number of nitrogens with zero attached hydrogens (tertiary/aromatic N) is 4. The van der Waals surface area contributed by atoms with Crippen molar-refractivity contribution in [1.82, 2.24) is 15.1 Å². The van der Waals surface area contributed by atoms with Crippen molar-refractivity contribution in [3.8, 4) is 0 Å². The zero-order valence-electron chi connectivity index (χ0n) is 21.9. The summed E-state index contributed by atoms with van der Waals surface area (Å²) in [6.07, 6.45) is 6.68. The topological polar surface area (TPSA) is 131 Å². The Morgan fingerprint density at radius 2 is 1.92 bits per heavy atom. The summed E-state index contributed by atoms with van der Waals surface area (Å²) >= 11 is 0. The van der Waals surface area contributed by atoms with Gasteiger partial charge in [0.1, 0.15) is 22.9 Å². The van der Waals surface area contributed by atoms with Crippen LogP contribution in [-0.2, 0) is 9.59 Å². The number of carbonyl (C=O) groups excluding carboxylic acids is 3. The second-order valence-corrected chi connectivity index (χ2v) is 10.00. The zero-order chi connectivity index (χ0) is 27.4. The van der Waals surface area contributed by atoms with Crippen molar-refractivity contribution in [1.29, 1.82) is 0 Å². The van der Waals surface area contributed by atoms with Crippen LogP contribution in [0.2, 0.25) is 0 Å². The van der Waals surface area contributed by atoms with Crippen molar-refractivity contribution in [2.24, 2.45) is 4.99 Å². The van der Waals surface area contributed by atoms with Gasteiger partial charge in [-0.15, -0.1) is 0 Å². The number of aliphatic imine (C=N–C) groups is 1. The third kappa shape index (κ3) is 6.36. The van der Waals surface area contributed by atoms with Gasteiger partial charge in [0.2, 0.25) is 30.2 Å². The molecule has 3 N–H and O–H groups in total. The Kier molecular flexibility index (Phi) is 7.76. The first kappa shape index (κ1) is 26.2. The van der Waals surface area contributed by atoms with E-state index in [2.05, 4.69) is 15.6 Å². The largest absolute Gasteiger partial charge is 0.461 e. The summed E-state index contributed by atoms with van der Waals surface area (Å²) in [6, 6.07) is 9.73. The second kappa shape index (κ2) is 11.5. The highest BCUT2D eigenvalue weighted by Gasteiger charge is 2.30. The number of rotatable bonds is 5. The molecule has 2 aliphatic rings. The summed E-state index contributed by atoms with van der Waals surface area (Å²) in [7, 11) is 0. The van der Waals surface area contributed by atoms with Crippen molar-refractivity contribution in [2.45, 2.75) is 45.1 Å². The van der Waals surface area contributed by atoms with Gasteiger partial charge < -0.3 is 19.5 Å². The van der Waals surface area contributed by atoms with E-state index >= 15 is 0 Å². The molecule has 2 aliphatic heterocycles. The standard InChI is InChI=1S/C28H32N6O5/c1-19-15-21-16-22(9-10-24(21)39-19)29-28(31-26(36)20-7-6-14-34(38)17-20)30-23-8-2-3-13-33(27(23)37)18-25(35)32-11-4-5-12-32/h6-7,9-10,14-17,23H,2-5,8,11-13,18H2,1H3,(H2-,29,30,31,36,38)/p+1/t23-/m0/s1. The number of pyridine rings is 1. The molecule has 3 aromatic rings. The van der Waals surface area contributed by atoms with Crippen LogP contribution in [0.25, 0.3) is 11.0 Å². The molecule has 204 valence electrons. The Labute approximate surface area is 226 Å². The highest BCUT2D eigenvalue weighted by Crippen LogP contribution is 2.23. The lowest BCUT2D eigenvalue weighted by atomic mass is 10.1. The molecule has 0 bridgehead atoms. The fourth-order valence-electron chi connectivity index (χ4n) is 5.01. The number of guanidine groups is 1. The molecule has 3 amide bonds. The number of anilines is 1. The minimum absolute atomic E-state index is 0.0387. The number of aryl methyl sites for hydroxylation is 1. The molecule has 2 aromatic heterocycles. The Balaban J connectivity index is 1.40. The quantitative estimate of drug-likeness (QED) is 0.200. The molecule has 5 rings (SSSR count). The summed E-state index contributed by atoms with van der Waals surface area (Å²) in [6.45, 7) is 3.87. The molecule has 39 heavy (non-hydrogen) atoms. The number of nitrogens with one attached hydrogen (secondary N) is 2. The molecule has 0 radical (unpaired) electrons. The normalized spacial score (nSPS) is 18.3. The summed E-state index contributed by atoms with van der Waals surface area (Å²) in [5, 5.41) is 16.5. The van der Waals surface area contributed by atoms with Gasteiger partial charge in [-0.2, -0.15) is 0 Å². The molecule has 0 saturated carbocycles. The lowest BCUT2D eigenvalue weighted by molar-refractivity contribution is -0.904. The SMILES string of the molecule is Cc1cc2cc(NC(=N[C@H]3CCCCN(CC(=O)N4CCCC4)C3=O)NC(=O)c3ccc[n+](O)c3)ccc2o1. The van der Waals surface area contributed by atoms with Gasteiger partial charge in [-0.05, 0) is 69.4 Å². The van der Waals surface area contributed by atoms with E-state index in [9.17, 15) is 19.6 Å². The lowest BCUT2D eigenvalue weighted by Crippen LogP contribution is -2.45. The number of likely N-dealkylation sites (tertiary alicyclic amines) is 2. The van der Waals surface area contributed by atoms with Crippen LogP contribution in [0.3, 0.4) is 0 Å².